The monoisotopic (exact) mass is 271 g/mol. The van der Waals surface area contributed by atoms with Gasteiger partial charge in [0.1, 0.15) is 6.07 Å². The molecular weight excluding hydrogens is 250 g/mol. The van der Waals surface area contributed by atoms with Crippen LogP contribution in [0.2, 0.25) is 0 Å². The number of nitriles is 1. The molecule has 4 heteroatoms. The molecule has 0 amide bonds. The molecule has 0 unspecified atom stereocenters. The summed E-state index contributed by atoms with van der Waals surface area (Å²) in [5, 5.41) is 12.9. The van der Waals surface area contributed by atoms with E-state index >= 15 is 0 Å². The average molecular weight is 271 g/mol. The smallest absolute Gasteiger partial charge is 0.101 e. The summed E-state index contributed by atoms with van der Waals surface area (Å²) in [4.78, 5) is 2.27. The summed E-state index contributed by atoms with van der Waals surface area (Å²) in [6.45, 7) is 4.27. The lowest BCUT2D eigenvalue weighted by Gasteiger charge is -2.23. The molecular formula is C16H21N3O. The molecule has 1 aliphatic heterocycles. The van der Waals surface area contributed by atoms with Crippen LogP contribution >= 0.6 is 0 Å². The predicted octanol–water partition coefficient (Wildman–Crippen LogP) is 2.04. The van der Waals surface area contributed by atoms with E-state index in [1.807, 2.05) is 6.07 Å². The minimum atomic E-state index is 0.697. The molecule has 1 heterocycles. The number of hydrogen-bond acceptors (Lipinski definition) is 4. The molecule has 3 rings (SSSR count). The molecule has 1 saturated heterocycles. The maximum atomic E-state index is 9.41. The number of benzene rings is 1. The molecule has 1 N–H and O–H groups in total. The first-order valence-electron chi connectivity index (χ1n) is 7.46. The quantitative estimate of drug-likeness (QED) is 0.910. The molecule has 0 atom stereocenters. The van der Waals surface area contributed by atoms with Crippen LogP contribution in [-0.2, 0) is 11.3 Å². The van der Waals surface area contributed by atoms with Crippen LogP contribution in [0, 0.1) is 11.3 Å². The lowest BCUT2D eigenvalue weighted by molar-refractivity contribution is 0.152. The summed E-state index contributed by atoms with van der Waals surface area (Å²) in [6.07, 6.45) is 3.60. The Hall–Kier alpha value is -1.57. The largest absolute Gasteiger partial charge is 0.380 e. The average Bonchev–Trinajstić information content (AvgIpc) is 3.31. The molecule has 1 aromatic rings. The highest BCUT2D eigenvalue weighted by molar-refractivity contribution is 5.60. The highest BCUT2D eigenvalue weighted by atomic mass is 16.5. The van der Waals surface area contributed by atoms with Crippen LogP contribution in [0.1, 0.15) is 30.4 Å². The summed E-state index contributed by atoms with van der Waals surface area (Å²) in [5.41, 5.74) is 3.03. The van der Waals surface area contributed by atoms with Gasteiger partial charge < -0.3 is 15.0 Å². The Bertz CT molecular complexity index is 497. The number of hydrogen-bond donors (Lipinski definition) is 1. The van der Waals surface area contributed by atoms with Gasteiger partial charge in [-0.15, -0.1) is 0 Å². The normalized spacial score (nSPS) is 19.4. The molecule has 0 radical (unpaired) electrons. The van der Waals surface area contributed by atoms with E-state index in [0.717, 1.165) is 50.5 Å². The van der Waals surface area contributed by atoms with Gasteiger partial charge in [-0.25, -0.2) is 0 Å². The van der Waals surface area contributed by atoms with E-state index in [0.29, 0.717) is 6.04 Å². The molecule has 0 bridgehead atoms. The second kappa shape index (κ2) is 6.25. The van der Waals surface area contributed by atoms with E-state index in [1.165, 1.54) is 18.4 Å². The zero-order chi connectivity index (χ0) is 13.8. The molecule has 1 aromatic carbocycles. The number of nitrogens with one attached hydrogen (secondary N) is 1. The maximum Gasteiger partial charge on any atom is 0.101 e. The van der Waals surface area contributed by atoms with Gasteiger partial charge in [0.05, 0.1) is 17.9 Å². The van der Waals surface area contributed by atoms with E-state index in [4.69, 9.17) is 4.74 Å². The summed E-state index contributed by atoms with van der Waals surface area (Å²) in [7, 11) is 0. The Balaban J connectivity index is 1.74. The third-order valence-corrected chi connectivity index (χ3v) is 3.92. The van der Waals surface area contributed by atoms with Crippen LogP contribution in [0.3, 0.4) is 0 Å². The fourth-order valence-electron chi connectivity index (χ4n) is 2.60. The maximum absolute atomic E-state index is 9.41. The van der Waals surface area contributed by atoms with Gasteiger partial charge >= 0.3 is 0 Å². The van der Waals surface area contributed by atoms with Gasteiger partial charge in [-0.3, -0.25) is 0 Å². The second-order valence-electron chi connectivity index (χ2n) is 5.57. The van der Waals surface area contributed by atoms with Crippen LogP contribution in [-0.4, -0.2) is 32.3 Å². The Morgan fingerprint density at radius 3 is 3.00 bits per heavy atom. The molecule has 106 valence electrons. The molecule has 2 fully saturated rings. The first-order valence-corrected chi connectivity index (χ1v) is 7.46. The summed E-state index contributed by atoms with van der Waals surface area (Å²) in [5.74, 6) is 0. The standard InChI is InChI=1S/C16H21N3O/c17-11-14-10-13(12-18-15-3-4-15)2-5-16(14)19-6-1-8-20-9-7-19/h2,5,10,15,18H,1,3-4,6-9,12H2. The molecule has 0 spiro atoms. The number of rotatable bonds is 4. The highest BCUT2D eigenvalue weighted by Gasteiger charge is 2.20. The third-order valence-electron chi connectivity index (χ3n) is 3.92. The van der Waals surface area contributed by atoms with E-state index in [9.17, 15) is 5.26 Å². The minimum absolute atomic E-state index is 0.697. The van der Waals surface area contributed by atoms with Gasteiger partial charge in [0.2, 0.25) is 0 Å². The topological polar surface area (TPSA) is 48.3 Å². The van der Waals surface area contributed by atoms with Gasteiger partial charge in [0, 0.05) is 32.3 Å². The summed E-state index contributed by atoms with van der Waals surface area (Å²) in [6, 6.07) is 9.30. The Morgan fingerprint density at radius 1 is 1.30 bits per heavy atom. The molecule has 0 aromatic heterocycles. The van der Waals surface area contributed by atoms with Crippen LogP contribution < -0.4 is 10.2 Å². The first-order chi connectivity index (χ1) is 9.86. The Kier molecular flexibility index (Phi) is 4.19. The number of ether oxygens (including phenoxy) is 1. The van der Waals surface area contributed by atoms with Crippen molar-refractivity contribution >= 4 is 5.69 Å². The predicted molar refractivity (Wildman–Crippen MR) is 78.7 cm³/mol. The van der Waals surface area contributed by atoms with Crippen molar-refractivity contribution in [3.05, 3.63) is 29.3 Å². The highest BCUT2D eigenvalue weighted by Crippen LogP contribution is 2.24. The van der Waals surface area contributed by atoms with Crippen molar-refractivity contribution < 1.29 is 4.74 Å². The summed E-state index contributed by atoms with van der Waals surface area (Å²) >= 11 is 0. The van der Waals surface area contributed by atoms with Gasteiger partial charge in [0.15, 0.2) is 0 Å². The number of nitrogens with zero attached hydrogens (tertiary/aromatic N) is 2. The van der Waals surface area contributed by atoms with Crippen molar-refractivity contribution in [3.63, 3.8) is 0 Å². The van der Waals surface area contributed by atoms with Crippen molar-refractivity contribution in [3.8, 4) is 6.07 Å². The third kappa shape index (κ3) is 3.30. The fourth-order valence-corrected chi connectivity index (χ4v) is 2.60. The van der Waals surface area contributed by atoms with Crippen molar-refractivity contribution in [2.45, 2.75) is 31.8 Å². The molecule has 2 aliphatic rings. The molecule has 4 nitrogen and oxygen atoms in total. The van der Waals surface area contributed by atoms with Crippen LogP contribution in [0.5, 0.6) is 0 Å². The van der Waals surface area contributed by atoms with E-state index in [-0.39, 0.29) is 0 Å². The minimum Gasteiger partial charge on any atom is -0.380 e. The SMILES string of the molecule is N#Cc1cc(CNC2CC2)ccc1N1CCCOCC1. The van der Waals surface area contributed by atoms with Crippen LogP contribution in [0.25, 0.3) is 0 Å². The van der Waals surface area contributed by atoms with E-state index in [2.05, 4.69) is 28.4 Å². The van der Waals surface area contributed by atoms with E-state index < -0.39 is 0 Å². The molecule has 1 aliphatic carbocycles. The van der Waals surface area contributed by atoms with Gasteiger partial charge in [-0.1, -0.05) is 6.07 Å². The molecule has 1 saturated carbocycles. The lowest BCUT2D eigenvalue weighted by atomic mass is 10.1. The molecule has 20 heavy (non-hydrogen) atoms. The van der Waals surface area contributed by atoms with Crippen LogP contribution in [0.15, 0.2) is 18.2 Å². The van der Waals surface area contributed by atoms with Crippen molar-refractivity contribution in [1.82, 2.24) is 5.32 Å². The van der Waals surface area contributed by atoms with Crippen molar-refractivity contribution in [2.75, 3.05) is 31.2 Å². The van der Waals surface area contributed by atoms with Gasteiger partial charge in [-0.2, -0.15) is 5.26 Å². The first kappa shape index (κ1) is 13.4. The summed E-state index contributed by atoms with van der Waals surface area (Å²) < 4.78 is 5.48. The van der Waals surface area contributed by atoms with Gasteiger partial charge in [-0.05, 0) is 37.0 Å². The van der Waals surface area contributed by atoms with Gasteiger partial charge in [0.25, 0.3) is 0 Å². The number of anilines is 1. The van der Waals surface area contributed by atoms with Crippen LogP contribution in [0.4, 0.5) is 5.69 Å². The van der Waals surface area contributed by atoms with Crippen molar-refractivity contribution in [2.24, 2.45) is 0 Å². The Labute approximate surface area is 120 Å². The Morgan fingerprint density at radius 2 is 2.20 bits per heavy atom. The van der Waals surface area contributed by atoms with Crippen molar-refractivity contribution in [1.29, 1.82) is 5.26 Å². The second-order valence-corrected chi connectivity index (χ2v) is 5.57. The zero-order valence-corrected chi connectivity index (χ0v) is 11.8. The zero-order valence-electron chi connectivity index (χ0n) is 11.8. The van der Waals surface area contributed by atoms with E-state index in [1.54, 1.807) is 0 Å². The fraction of sp³-hybridized carbons (Fsp3) is 0.562. The lowest BCUT2D eigenvalue weighted by Crippen LogP contribution is -2.26.